The van der Waals surface area contributed by atoms with E-state index in [9.17, 15) is 14.8 Å². The summed E-state index contributed by atoms with van der Waals surface area (Å²) in [6.45, 7) is 6.00. The molecule has 6 heteroatoms. The molecule has 0 bridgehead atoms. The Labute approximate surface area is 130 Å². The molecule has 5 atom stereocenters. The van der Waals surface area contributed by atoms with Crippen LogP contribution in [0.15, 0.2) is 0 Å². The van der Waals surface area contributed by atoms with Crippen LogP contribution in [0, 0.1) is 17.3 Å². The average molecular weight is 316 g/mol. The SMILES string of the molecule is CSC1SC(C(=O)C(C)(C)C)C2CCC(B(O)O)CC12. The summed E-state index contributed by atoms with van der Waals surface area (Å²) in [5.74, 6) is 1.19. The lowest BCUT2D eigenvalue weighted by Gasteiger charge is -2.35. The molecule has 3 nitrogen and oxygen atoms in total. The van der Waals surface area contributed by atoms with E-state index in [1.165, 1.54) is 0 Å². The summed E-state index contributed by atoms with van der Waals surface area (Å²) in [6, 6.07) is 0. The van der Waals surface area contributed by atoms with E-state index in [1.807, 2.05) is 44.3 Å². The third-order valence-electron chi connectivity index (χ3n) is 4.67. The van der Waals surface area contributed by atoms with Crippen molar-refractivity contribution in [2.24, 2.45) is 17.3 Å². The van der Waals surface area contributed by atoms with Gasteiger partial charge in [0, 0.05) is 5.41 Å². The standard InChI is InChI=1S/C14H25BO3S2/c1-14(2,3)12(16)11-9-6-5-8(15(17)18)7-10(9)13(19-4)20-11/h8-11,13,17-18H,5-7H2,1-4H3. The second kappa shape index (κ2) is 6.23. The van der Waals surface area contributed by atoms with E-state index in [1.54, 1.807) is 0 Å². The van der Waals surface area contributed by atoms with Gasteiger partial charge in [0.25, 0.3) is 0 Å². The molecule has 0 spiro atoms. The Morgan fingerprint density at radius 3 is 2.40 bits per heavy atom. The fourth-order valence-electron chi connectivity index (χ4n) is 3.48. The van der Waals surface area contributed by atoms with E-state index in [0.717, 1.165) is 19.3 Å². The van der Waals surface area contributed by atoms with Gasteiger partial charge >= 0.3 is 7.12 Å². The molecule has 0 aromatic rings. The van der Waals surface area contributed by atoms with Gasteiger partial charge in [-0.1, -0.05) is 27.2 Å². The Morgan fingerprint density at radius 2 is 1.90 bits per heavy atom. The summed E-state index contributed by atoms with van der Waals surface area (Å²) in [5, 5.41) is 19.0. The Morgan fingerprint density at radius 1 is 1.25 bits per heavy atom. The van der Waals surface area contributed by atoms with Gasteiger partial charge < -0.3 is 10.0 Å². The third-order valence-corrected chi connectivity index (χ3v) is 7.87. The summed E-state index contributed by atoms with van der Waals surface area (Å²) >= 11 is 3.63. The van der Waals surface area contributed by atoms with Crippen LogP contribution in [0.3, 0.4) is 0 Å². The van der Waals surface area contributed by atoms with Crippen molar-refractivity contribution in [3.63, 3.8) is 0 Å². The highest BCUT2D eigenvalue weighted by Gasteiger charge is 2.51. The van der Waals surface area contributed by atoms with Gasteiger partial charge in [0.1, 0.15) is 0 Å². The van der Waals surface area contributed by atoms with Crippen LogP contribution in [0.2, 0.25) is 5.82 Å². The molecule has 0 aromatic heterocycles. The quantitative estimate of drug-likeness (QED) is 0.784. The van der Waals surface area contributed by atoms with Crippen molar-refractivity contribution in [2.75, 3.05) is 6.26 Å². The van der Waals surface area contributed by atoms with Gasteiger partial charge in [-0.25, -0.2) is 0 Å². The monoisotopic (exact) mass is 316 g/mol. The minimum Gasteiger partial charge on any atom is -0.427 e. The second-order valence-electron chi connectivity index (χ2n) is 7.09. The number of rotatable bonds is 3. The molecule has 0 aromatic carbocycles. The van der Waals surface area contributed by atoms with E-state index in [4.69, 9.17) is 0 Å². The molecule has 2 aliphatic rings. The number of thioether (sulfide) groups is 2. The molecule has 0 radical (unpaired) electrons. The molecule has 1 saturated heterocycles. The molecule has 2 fully saturated rings. The van der Waals surface area contributed by atoms with Crippen molar-refractivity contribution in [3.8, 4) is 0 Å². The Bertz CT molecular complexity index is 370. The lowest BCUT2D eigenvalue weighted by atomic mass is 9.59. The zero-order valence-electron chi connectivity index (χ0n) is 12.7. The first-order valence-corrected chi connectivity index (χ1v) is 9.57. The largest absolute Gasteiger partial charge is 0.454 e. The van der Waals surface area contributed by atoms with Gasteiger partial charge in [-0.3, -0.25) is 4.79 Å². The van der Waals surface area contributed by atoms with Gasteiger partial charge in [-0.15, -0.1) is 11.8 Å². The van der Waals surface area contributed by atoms with Crippen molar-refractivity contribution in [3.05, 3.63) is 0 Å². The molecule has 1 heterocycles. The lowest BCUT2D eigenvalue weighted by Crippen LogP contribution is -2.38. The highest BCUT2D eigenvalue weighted by Crippen LogP contribution is 2.56. The highest BCUT2D eigenvalue weighted by molar-refractivity contribution is 8.17. The molecule has 0 amide bonds. The van der Waals surface area contributed by atoms with Crippen LogP contribution in [0.25, 0.3) is 0 Å². The number of ketones is 1. The van der Waals surface area contributed by atoms with Crippen LogP contribution in [0.4, 0.5) is 0 Å². The fourth-order valence-corrected chi connectivity index (χ4v) is 6.77. The first-order chi connectivity index (χ1) is 9.25. The maximum atomic E-state index is 12.7. The van der Waals surface area contributed by atoms with Crippen LogP contribution in [-0.2, 0) is 4.79 Å². The van der Waals surface area contributed by atoms with Crippen molar-refractivity contribution in [1.82, 2.24) is 0 Å². The summed E-state index contributed by atoms with van der Waals surface area (Å²) in [5.41, 5.74) is -0.289. The average Bonchev–Trinajstić information content (AvgIpc) is 2.74. The van der Waals surface area contributed by atoms with Crippen LogP contribution >= 0.6 is 23.5 Å². The van der Waals surface area contributed by atoms with Gasteiger partial charge in [0.05, 0.1) is 9.83 Å². The number of fused-ring (bicyclic) bond motifs is 1. The predicted molar refractivity (Wildman–Crippen MR) is 87.9 cm³/mol. The predicted octanol–water partition coefficient (Wildman–Crippen LogP) is 2.67. The van der Waals surface area contributed by atoms with E-state index in [2.05, 4.69) is 6.26 Å². The summed E-state index contributed by atoms with van der Waals surface area (Å²) in [7, 11) is -1.21. The summed E-state index contributed by atoms with van der Waals surface area (Å²) in [4.78, 5) is 12.7. The van der Waals surface area contributed by atoms with Gasteiger partial charge in [0.15, 0.2) is 5.78 Å². The third kappa shape index (κ3) is 3.23. The molecule has 20 heavy (non-hydrogen) atoms. The van der Waals surface area contributed by atoms with E-state index < -0.39 is 7.12 Å². The van der Waals surface area contributed by atoms with Gasteiger partial charge in [-0.05, 0) is 36.8 Å². The Hall–Kier alpha value is 0.355. The molecule has 2 rings (SSSR count). The summed E-state index contributed by atoms with van der Waals surface area (Å²) < 4.78 is 0.415. The van der Waals surface area contributed by atoms with Crippen LogP contribution in [-0.4, -0.2) is 39.0 Å². The van der Waals surface area contributed by atoms with Crippen molar-refractivity contribution in [1.29, 1.82) is 0 Å². The van der Waals surface area contributed by atoms with Crippen LogP contribution in [0.1, 0.15) is 40.0 Å². The first-order valence-electron chi connectivity index (χ1n) is 7.34. The maximum absolute atomic E-state index is 12.7. The summed E-state index contributed by atoms with van der Waals surface area (Å²) in [6.07, 6.45) is 4.71. The maximum Gasteiger partial charge on any atom is 0.454 e. The molecule has 2 N–H and O–H groups in total. The number of hydrogen-bond acceptors (Lipinski definition) is 5. The normalized spacial score (nSPS) is 37.6. The molecule has 1 aliphatic carbocycles. The number of hydrogen-bond donors (Lipinski definition) is 2. The molecular formula is C14H25BO3S2. The Balaban J connectivity index is 2.15. The Kier molecular flexibility index (Phi) is 5.21. The molecule has 1 saturated carbocycles. The lowest BCUT2D eigenvalue weighted by molar-refractivity contribution is -0.126. The zero-order valence-corrected chi connectivity index (χ0v) is 14.3. The van der Waals surface area contributed by atoms with E-state index in [0.29, 0.717) is 22.2 Å². The fraction of sp³-hybridized carbons (Fsp3) is 0.929. The van der Waals surface area contributed by atoms with E-state index >= 15 is 0 Å². The molecule has 5 unspecified atom stereocenters. The van der Waals surface area contributed by atoms with Gasteiger partial charge in [0.2, 0.25) is 0 Å². The highest BCUT2D eigenvalue weighted by atomic mass is 32.2. The van der Waals surface area contributed by atoms with Crippen molar-refractivity contribution < 1.29 is 14.8 Å². The van der Waals surface area contributed by atoms with Crippen LogP contribution < -0.4 is 0 Å². The smallest absolute Gasteiger partial charge is 0.427 e. The van der Waals surface area contributed by atoms with Crippen molar-refractivity contribution in [2.45, 2.75) is 55.7 Å². The van der Waals surface area contributed by atoms with Gasteiger partial charge in [-0.2, -0.15) is 11.8 Å². The second-order valence-corrected chi connectivity index (χ2v) is 9.66. The van der Waals surface area contributed by atoms with Crippen molar-refractivity contribution >= 4 is 36.4 Å². The minimum atomic E-state index is -1.21. The minimum absolute atomic E-state index is 0.0185. The number of carbonyl (C=O) groups excluding carboxylic acids is 1. The number of carbonyl (C=O) groups is 1. The molecular weight excluding hydrogens is 291 g/mol. The van der Waals surface area contributed by atoms with E-state index in [-0.39, 0.29) is 16.5 Å². The molecule has 114 valence electrons. The van der Waals surface area contributed by atoms with Crippen LogP contribution in [0.5, 0.6) is 0 Å². The first kappa shape index (κ1) is 16.7. The molecule has 1 aliphatic heterocycles. The number of Topliss-reactive ketones (excluding diaryl/α,β-unsaturated/α-hetero) is 1. The topological polar surface area (TPSA) is 57.5 Å². The zero-order chi connectivity index (χ0) is 15.1.